The number of hydrogen-bond acceptors (Lipinski definition) is 2. The van der Waals surface area contributed by atoms with E-state index in [4.69, 9.17) is 5.73 Å². The highest BCUT2D eigenvalue weighted by molar-refractivity contribution is 9.11. The molecule has 1 aromatic heterocycles. The van der Waals surface area contributed by atoms with Crippen molar-refractivity contribution >= 4 is 37.8 Å². The van der Waals surface area contributed by atoms with Crippen LogP contribution < -0.4 is 5.73 Å². The largest absolute Gasteiger partial charge is 0.368 e. The van der Waals surface area contributed by atoms with E-state index in [1.54, 1.807) is 6.07 Å². The van der Waals surface area contributed by atoms with Crippen LogP contribution in [0.5, 0.6) is 0 Å². The minimum absolute atomic E-state index is 0.0895. The van der Waals surface area contributed by atoms with Crippen LogP contribution in [0.3, 0.4) is 0 Å². The number of hydrogen-bond donors (Lipinski definition) is 1. The molecule has 0 saturated heterocycles. The molecule has 0 atom stereocenters. The van der Waals surface area contributed by atoms with Gasteiger partial charge >= 0.3 is 0 Å². The predicted octanol–water partition coefficient (Wildman–Crippen LogP) is 0.893. The first-order valence-electron chi connectivity index (χ1n) is 2.77. The highest BCUT2D eigenvalue weighted by atomic mass is 79.9. The number of primary amides is 1. The van der Waals surface area contributed by atoms with E-state index in [0.717, 1.165) is 4.60 Å². The van der Waals surface area contributed by atoms with E-state index in [1.165, 1.54) is 4.68 Å². The van der Waals surface area contributed by atoms with Crippen molar-refractivity contribution in [1.29, 1.82) is 0 Å². The molecule has 1 aromatic rings. The van der Waals surface area contributed by atoms with Gasteiger partial charge in [0.2, 0.25) is 5.91 Å². The molecule has 4 nitrogen and oxygen atoms in total. The molecule has 6 heteroatoms. The summed E-state index contributed by atoms with van der Waals surface area (Å²) < 4.78 is 2.86. The van der Waals surface area contributed by atoms with Gasteiger partial charge in [0.15, 0.2) is 0 Å². The van der Waals surface area contributed by atoms with E-state index in [2.05, 4.69) is 37.0 Å². The summed E-state index contributed by atoms with van der Waals surface area (Å²) in [7, 11) is 0. The Morgan fingerprint density at radius 2 is 2.36 bits per heavy atom. The van der Waals surface area contributed by atoms with E-state index in [-0.39, 0.29) is 6.54 Å². The fourth-order valence-electron chi connectivity index (χ4n) is 0.623. The number of nitrogens with zero attached hydrogens (tertiary/aromatic N) is 2. The fourth-order valence-corrected chi connectivity index (χ4v) is 1.76. The van der Waals surface area contributed by atoms with Gasteiger partial charge < -0.3 is 5.73 Å². The van der Waals surface area contributed by atoms with Gasteiger partial charge in [-0.1, -0.05) is 0 Å². The van der Waals surface area contributed by atoms with Crippen LogP contribution in [-0.4, -0.2) is 15.7 Å². The Morgan fingerprint density at radius 1 is 1.73 bits per heavy atom. The minimum atomic E-state index is -0.415. The zero-order chi connectivity index (χ0) is 8.43. The standard InChI is InChI=1S/C5H5Br2N3O/c6-3-1-4(7)10(9-3)2-5(8)11/h1H,2H2,(H2,8,11). The van der Waals surface area contributed by atoms with Crippen molar-refractivity contribution in [2.45, 2.75) is 6.54 Å². The molecule has 1 amide bonds. The quantitative estimate of drug-likeness (QED) is 0.876. The zero-order valence-electron chi connectivity index (χ0n) is 5.42. The monoisotopic (exact) mass is 281 g/mol. The lowest BCUT2D eigenvalue weighted by atomic mass is 10.6. The summed E-state index contributed by atoms with van der Waals surface area (Å²) in [4.78, 5) is 10.5. The molecule has 0 unspecified atom stereocenters. The molecule has 1 heterocycles. The van der Waals surface area contributed by atoms with Gasteiger partial charge in [0, 0.05) is 6.07 Å². The van der Waals surface area contributed by atoms with E-state index < -0.39 is 5.91 Å². The van der Waals surface area contributed by atoms with Crippen LogP contribution in [-0.2, 0) is 11.3 Å². The average Bonchev–Trinajstić information content (AvgIpc) is 2.09. The SMILES string of the molecule is NC(=O)Cn1nc(Br)cc1Br. The highest BCUT2D eigenvalue weighted by Crippen LogP contribution is 2.15. The molecule has 0 saturated carbocycles. The van der Waals surface area contributed by atoms with Gasteiger partial charge in [-0.2, -0.15) is 5.10 Å². The summed E-state index contributed by atoms with van der Waals surface area (Å²) in [6, 6.07) is 1.74. The lowest BCUT2D eigenvalue weighted by Gasteiger charge is -1.96. The summed E-state index contributed by atoms with van der Waals surface area (Å²) in [6.45, 7) is 0.0895. The number of aromatic nitrogens is 2. The Labute approximate surface area is 80.0 Å². The van der Waals surface area contributed by atoms with E-state index in [9.17, 15) is 4.79 Å². The van der Waals surface area contributed by atoms with Gasteiger partial charge in [-0.3, -0.25) is 4.79 Å². The van der Waals surface area contributed by atoms with Gasteiger partial charge in [-0.05, 0) is 31.9 Å². The molecule has 0 aliphatic heterocycles. The van der Waals surface area contributed by atoms with Crippen LogP contribution in [0.25, 0.3) is 0 Å². The number of carbonyl (C=O) groups is 1. The van der Waals surface area contributed by atoms with Gasteiger partial charge in [0.05, 0.1) is 0 Å². The van der Waals surface area contributed by atoms with Gasteiger partial charge in [-0.15, -0.1) is 0 Å². The van der Waals surface area contributed by atoms with E-state index in [0.29, 0.717) is 4.60 Å². The van der Waals surface area contributed by atoms with Gasteiger partial charge in [-0.25, -0.2) is 4.68 Å². The third-order valence-electron chi connectivity index (χ3n) is 1.01. The zero-order valence-corrected chi connectivity index (χ0v) is 8.59. The summed E-state index contributed by atoms with van der Waals surface area (Å²) in [5.74, 6) is -0.415. The van der Waals surface area contributed by atoms with Crippen molar-refractivity contribution < 1.29 is 4.79 Å². The van der Waals surface area contributed by atoms with E-state index in [1.807, 2.05) is 0 Å². The lowest BCUT2D eigenvalue weighted by Crippen LogP contribution is -2.19. The fraction of sp³-hybridized carbons (Fsp3) is 0.200. The maximum absolute atomic E-state index is 10.5. The molecule has 0 aromatic carbocycles. The molecule has 0 aliphatic carbocycles. The summed E-state index contributed by atoms with van der Waals surface area (Å²) in [5.41, 5.74) is 4.97. The van der Waals surface area contributed by atoms with Gasteiger partial charge in [0.1, 0.15) is 15.8 Å². The number of carbonyl (C=O) groups excluding carboxylic acids is 1. The molecule has 0 bridgehead atoms. The maximum atomic E-state index is 10.5. The van der Waals surface area contributed by atoms with Crippen molar-refractivity contribution in [1.82, 2.24) is 9.78 Å². The molecule has 0 aliphatic rings. The van der Waals surface area contributed by atoms with Crippen LogP contribution in [0.1, 0.15) is 0 Å². The molecular formula is C5H5Br2N3O. The first kappa shape index (κ1) is 8.73. The molecular weight excluding hydrogens is 278 g/mol. The van der Waals surface area contributed by atoms with Crippen molar-refractivity contribution in [3.05, 3.63) is 15.3 Å². The second-order valence-corrected chi connectivity index (χ2v) is 3.54. The van der Waals surface area contributed by atoms with Crippen LogP contribution in [0.2, 0.25) is 0 Å². The van der Waals surface area contributed by atoms with Crippen LogP contribution in [0, 0.1) is 0 Å². The van der Waals surface area contributed by atoms with Gasteiger partial charge in [0.25, 0.3) is 0 Å². The topological polar surface area (TPSA) is 60.9 Å². The Kier molecular flexibility index (Phi) is 2.67. The molecule has 11 heavy (non-hydrogen) atoms. The van der Waals surface area contributed by atoms with Crippen LogP contribution in [0.4, 0.5) is 0 Å². The summed E-state index contributed by atoms with van der Waals surface area (Å²) in [6.07, 6.45) is 0. The van der Waals surface area contributed by atoms with Crippen LogP contribution in [0.15, 0.2) is 15.3 Å². The second-order valence-electron chi connectivity index (χ2n) is 1.91. The van der Waals surface area contributed by atoms with Crippen LogP contribution >= 0.6 is 31.9 Å². The molecule has 0 radical (unpaired) electrons. The first-order valence-corrected chi connectivity index (χ1v) is 4.35. The molecule has 1 rings (SSSR count). The summed E-state index contributed by atoms with van der Waals surface area (Å²) in [5, 5.41) is 3.94. The molecule has 0 spiro atoms. The Bertz CT molecular complexity index is 283. The van der Waals surface area contributed by atoms with Crippen molar-refractivity contribution in [2.24, 2.45) is 5.73 Å². The number of nitrogens with two attached hydrogens (primary N) is 1. The second kappa shape index (κ2) is 3.36. The van der Waals surface area contributed by atoms with Crippen molar-refractivity contribution in [2.75, 3.05) is 0 Å². The number of rotatable bonds is 2. The highest BCUT2D eigenvalue weighted by Gasteiger charge is 2.04. The number of amides is 1. The lowest BCUT2D eigenvalue weighted by molar-refractivity contribution is -0.118. The van der Waals surface area contributed by atoms with Crippen molar-refractivity contribution in [3.8, 4) is 0 Å². The maximum Gasteiger partial charge on any atom is 0.239 e. The molecule has 0 fully saturated rings. The Morgan fingerprint density at radius 3 is 2.73 bits per heavy atom. The third kappa shape index (κ3) is 2.30. The summed E-state index contributed by atoms with van der Waals surface area (Å²) >= 11 is 6.37. The average molecular weight is 283 g/mol. The normalized spacial score (nSPS) is 10.0. The number of halogens is 2. The molecule has 2 N–H and O–H groups in total. The third-order valence-corrected chi connectivity index (χ3v) is 2.03. The Balaban J connectivity index is 2.85. The minimum Gasteiger partial charge on any atom is -0.368 e. The molecule has 60 valence electrons. The Hall–Kier alpha value is -0.360. The predicted molar refractivity (Wildman–Crippen MR) is 46.8 cm³/mol. The smallest absolute Gasteiger partial charge is 0.239 e. The van der Waals surface area contributed by atoms with E-state index >= 15 is 0 Å². The first-order chi connectivity index (χ1) is 5.09. The van der Waals surface area contributed by atoms with Crippen molar-refractivity contribution in [3.63, 3.8) is 0 Å².